The maximum absolute atomic E-state index is 3.66. The van der Waals surface area contributed by atoms with Crippen LogP contribution in [-0.2, 0) is 25.9 Å². The van der Waals surface area contributed by atoms with Gasteiger partial charge in [-0.15, -0.1) is 6.58 Å². The summed E-state index contributed by atoms with van der Waals surface area (Å²) in [6.07, 6.45) is 2.89. The molecule has 0 spiro atoms. The van der Waals surface area contributed by atoms with E-state index in [1.165, 1.54) is 5.56 Å². The van der Waals surface area contributed by atoms with E-state index >= 15 is 0 Å². The van der Waals surface area contributed by atoms with Crippen LogP contribution in [0.5, 0.6) is 0 Å². The normalized spacial score (nSPS) is 8.00. The molecule has 0 aliphatic carbocycles. The third-order valence-electron chi connectivity index (χ3n) is 1.22. The molecule has 0 heterocycles. The number of hydrogen-bond acceptors (Lipinski definition) is 0. The Morgan fingerprint density at radius 2 is 1.80 bits per heavy atom. The smallest absolute Gasteiger partial charge is 0 e. The predicted molar refractivity (Wildman–Crippen MR) is 40.3 cm³/mol. The fourth-order valence-corrected chi connectivity index (χ4v) is 0.781. The van der Waals surface area contributed by atoms with Crippen molar-refractivity contribution in [1.29, 1.82) is 0 Å². The minimum absolute atomic E-state index is 0. The van der Waals surface area contributed by atoms with Gasteiger partial charge in [0.1, 0.15) is 0 Å². The molecule has 1 aromatic rings. The quantitative estimate of drug-likeness (QED) is 0.488. The molecule has 0 aromatic heterocycles. The third kappa shape index (κ3) is 2.93. The van der Waals surface area contributed by atoms with E-state index in [1.807, 2.05) is 24.3 Å². The summed E-state index contributed by atoms with van der Waals surface area (Å²) < 4.78 is 0. The Balaban J connectivity index is 0.000000810. The Morgan fingerprint density at radius 1 is 1.20 bits per heavy atom. The van der Waals surface area contributed by atoms with Crippen molar-refractivity contribution in [1.82, 2.24) is 0 Å². The van der Waals surface area contributed by atoms with Crippen molar-refractivity contribution < 1.29 is 19.5 Å². The van der Waals surface area contributed by atoms with Crippen LogP contribution in [0.4, 0.5) is 0 Å². The molecule has 0 saturated heterocycles. The molecular weight excluding hydrogens is 173 g/mol. The molecule has 0 radical (unpaired) electrons. The monoisotopic (exact) mass is 182 g/mol. The Morgan fingerprint density at radius 3 is 2.30 bits per heavy atom. The molecule has 10 heavy (non-hydrogen) atoms. The summed E-state index contributed by atoms with van der Waals surface area (Å²) in [5, 5.41) is 0. The van der Waals surface area contributed by atoms with Crippen molar-refractivity contribution in [2.75, 3.05) is 0 Å². The van der Waals surface area contributed by atoms with Crippen molar-refractivity contribution in [2.45, 2.75) is 6.42 Å². The molecule has 1 rings (SSSR count). The molecule has 0 nitrogen and oxygen atoms in total. The van der Waals surface area contributed by atoms with Gasteiger partial charge in [-0.3, -0.25) is 0 Å². The van der Waals surface area contributed by atoms with Gasteiger partial charge in [-0.25, -0.2) is 0 Å². The molecule has 0 fully saturated rings. The Hall–Kier alpha value is -0.417. The van der Waals surface area contributed by atoms with Crippen LogP contribution in [0.15, 0.2) is 43.0 Å². The number of allylic oxidation sites excluding steroid dienone is 1. The first kappa shape index (κ1) is 9.58. The molecule has 0 saturated carbocycles. The van der Waals surface area contributed by atoms with Crippen LogP contribution in [0.3, 0.4) is 0 Å². The second-order valence-corrected chi connectivity index (χ2v) is 1.98. The summed E-state index contributed by atoms with van der Waals surface area (Å²) >= 11 is 0. The van der Waals surface area contributed by atoms with Crippen molar-refractivity contribution >= 4 is 0 Å². The van der Waals surface area contributed by atoms with Gasteiger partial charge in [-0.1, -0.05) is 36.4 Å². The molecule has 0 bridgehead atoms. The average Bonchev–Trinajstić information content (AvgIpc) is 1.91. The molecule has 0 aliphatic heterocycles. The minimum Gasteiger partial charge on any atom is -0.103 e. The van der Waals surface area contributed by atoms with Crippen molar-refractivity contribution in [3.05, 3.63) is 48.6 Å². The molecule has 1 aromatic carbocycles. The maximum Gasteiger partial charge on any atom is 0 e. The van der Waals surface area contributed by atoms with Gasteiger partial charge in [-0.2, -0.15) is 0 Å². The summed E-state index contributed by atoms with van der Waals surface area (Å²) in [5.74, 6) is 0. The van der Waals surface area contributed by atoms with Crippen molar-refractivity contribution in [3.8, 4) is 0 Å². The van der Waals surface area contributed by atoms with Gasteiger partial charge >= 0.3 is 0 Å². The zero-order chi connectivity index (χ0) is 6.53. The van der Waals surface area contributed by atoms with E-state index in [0.29, 0.717) is 0 Å². The predicted octanol–water partition coefficient (Wildman–Crippen LogP) is 2.41. The fraction of sp³-hybridized carbons (Fsp3) is 0.111. The third-order valence-corrected chi connectivity index (χ3v) is 1.22. The molecule has 0 aliphatic rings. The van der Waals surface area contributed by atoms with Crippen LogP contribution >= 0.6 is 0 Å². The first-order valence-corrected chi connectivity index (χ1v) is 3.08. The maximum atomic E-state index is 3.66. The van der Waals surface area contributed by atoms with Crippen LogP contribution in [0.2, 0.25) is 0 Å². The largest absolute Gasteiger partial charge is 0.103 e. The van der Waals surface area contributed by atoms with Gasteiger partial charge in [-0.05, 0) is 12.0 Å². The van der Waals surface area contributed by atoms with Gasteiger partial charge in [0.25, 0.3) is 0 Å². The van der Waals surface area contributed by atoms with E-state index in [4.69, 9.17) is 0 Å². The van der Waals surface area contributed by atoms with Crippen LogP contribution < -0.4 is 0 Å². The Kier molecular flexibility index (Phi) is 5.15. The van der Waals surface area contributed by atoms with Gasteiger partial charge in [0.2, 0.25) is 0 Å². The summed E-state index contributed by atoms with van der Waals surface area (Å²) in [4.78, 5) is 0. The molecule has 0 atom stereocenters. The van der Waals surface area contributed by atoms with E-state index in [-0.39, 0.29) is 19.5 Å². The Bertz CT molecular complexity index is 179. The fourth-order valence-electron chi connectivity index (χ4n) is 0.781. The van der Waals surface area contributed by atoms with Gasteiger partial charge < -0.3 is 0 Å². The van der Waals surface area contributed by atoms with Crippen LogP contribution in [0, 0.1) is 0 Å². The van der Waals surface area contributed by atoms with E-state index in [0.717, 1.165) is 6.42 Å². The van der Waals surface area contributed by atoms with E-state index in [2.05, 4.69) is 18.7 Å². The topological polar surface area (TPSA) is 0 Å². The molecular formula is C9H10Zn. The second-order valence-electron chi connectivity index (χ2n) is 1.98. The second kappa shape index (κ2) is 5.37. The summed E-state index contributed by atoms with van der Waals surface area (Å²) in [6, 6.07) is 10.3. The van der Waals surface area contributed by atoms with E-state index in [9.17, 15) is 0 Å². The van der Waals surface area contributed by atoms with E-state index < -0.39 is 0 Å². The van der Waals surface area contributed by atoms with Crippen molar-refractivity contribution in [3.63, 3.8) is 0 Å². The van der Waals surface area contributed by atoms with Crippen LogP contribution in [0.25, 0.3) is 0 Å². The van der Waals surface area contributed by atoms with Gasteiger partial charge in [0.05, 0.1) is 0 Å². The SMILES string of the molecule is C=CCc1ccccc1.[Zn]. The van der Waals surface area contributed by atoms with Gasteiger partial charge in [0, 0.05) is 19.5 Å². The first-order chi connectivity index (χ1) is 4.43. The molecule has 0 amide bonds. The van der Waals surface area contributed by atoms with E-state index in [1.54, 1.807) is 0 Å². The molecule has 0 unspecified atom stereocenters. The van der Waals surface area contributed by atoms with Crippen LogP contribution in [0.1, 0.15) is 5.56 Å². The number of rotatable bonds is 2. The summed E-state index contributed by atoms with van der Waals surface area (Å²) in [7, 11) is 0. The standard InChI is InChI=1S/C9H10.Zn/c1-2-6-9-7-4-3-5-8-9;/h2-5,7-8H,1,6H2;. The number of benzene rings is 1. The number of hydrogen-bond donors (Lipinski definition) is 0. The van der Waals surface area contributed by atoms with Gasteiger partial charge in [0.15, 0.2) is 0 Å². The molecule has 0 N–H and O–H groups in total. The van der Waals surface area contributed by atoms with Crippen LogP contribution in [-0.4, -0.2) is 0 Å². The summed E-state index contributed by atoms with van der Waals surface area (Å²) in [5.41, 5.74) is 1.33. The van der Waals surface area contributed by atoms with Crippen molar-refractivity contribution in [2.24, 2.45) is 0 Å². The summed E-state index contributed by atoms with van der Waals surface area (Å²) in [6.45, 7) is 3.66. The molecule has 1 heteroatoms. The molecule has 48 valence electrons. The average molecular weight is 184 g/mol. The zero-order valence-corrected chi connectivity index (χ0v) is 9.05. The zero-order valence-electron chi connectivity index (χ0n) is 6.09. The minimum atomic E-state index is 0. The first-order valence-electron chi connectivity index (χ1n) is 3.08. The Labute approximate surface area is 74.7 Å².